The number of carbonyl (C=O) groups is 1. The quantitative estimate of drug-likeness (QED) is 0.772. The molecule has 1 saturated heterocycles. The smallest absolute Gasteiger partial charge is 0.239 e. The molecule has 88 valence electrons. The summed E-state index contributed by atoms with van der Waals surface area (Å²) < 4.78 is 0. The lowest BCUT2D eigenvalue weighted by molar-refractivity contribution is -0.134. The van der Waals surface area contributed by atoms with Crippen LogP contribution in [0.3, 0.4) is 0 Å². The van der Waals surface area contributed by atoms with Crippen molar-refractivity contribution in [2.75, 3.05) is 13.1 Å². The minimum absolute atomic E-state index is 0.151. The maximum atomic E-state index is 11.9. The fourth-order valence-electron chi connectivity index (χ4n) is 2.32. The van der Waals surface area contributed by atoms with E-state index in [1.54, 1.807) is 0 Å². The van der Waals surface area contributed by atoms with Crippen molar-refractivity contribution in [2.45, 2.75) is 52.0 Å². The monoisotopic (exact) mass is 212 g/mol. The molecular formula is C12H24N2O. The van der Waals surface area contributed by atoms with Gasteiger partial charge in [0.25, 0.3) is 0 Å². The van der Waals surface area contributed by atoms with E-state index in [4.69, 9.17) is 5.73 Å². The molecule has 0 aromatic carbocycles. The van der Waals surface area contributed by atoms with Crippen molar-refractivity contribution >= 4 is 5.91 Å². The second-order valence-electron chi connectivity index (χ2n) is 4.60. The summed E-state index contributed by atoms with van der Waals surface area (Å²) in [5.41, 5.74) is 5.78. The first kappa shape index (κ1) is 12.5. The summed E-state index contributed by atoms with van der Waals surface area (Å²) in [6, 6.07) is -0.287. The van der Waals surface area contributed by atoms with E-state index in [-0.39, 0.29) is 11.9 Å². The van der Waals surface area contributed by atoms with Crippen LogP contribution in [0, 0.1) is 5.92 Å². The summed E-state index contributed by atoms with van der Waals surface area (Å²) in [7, 11) is 0. The number of amides is 1. The normalized spacial score (nSPS) is 23.9. The van der Waals surface area contributed by atoms with Gasteiger partial charge in [-0.1, -0.05) is 20.3 Å². The van der Waals surface area contributed by atoms with Crippen LogP contribution in [0.4, 0.5) is 0 Å². The molecule has 0 aliphatic carbocycles. The van der Waals surface area contributed by atoms with Gasteiger partial charge >= 0.3 is 0 Å². The summed E-state index contributed by atoms with van der Waals surface area (Å²) in [6.45, 7) is 6.02. The Balaban J connectivity index is 2.44. The van der Waals surface area contributed by atoms with Gasteiger partial charge in [0.2, 0.25) is 5.91 Å². The highest BCUT2D eigenvalue weighted by Gasteiger charge is 2.25. The summed E-state index contributed by atoms with van der Waals surface area (Å²) in [5, 5.41) is 0. The molecule has 3 nitrogen and oxygen atoms in total. The van der Waals surface area contributed by atoms with Crippen LogP contribution in [0.25, 0.3) is 0 Å². The number of hydrogen-bond donors (Lipinski definition) is 1. The Hall–Kier alpha value is -0.570. The van der Waals surface area contributed by atoms with Crippen LogP contribution in [-0.4, -0.2) is 29.9 Å². The number of nitrogens with zero attached hydrogens (tertiary/aromatic N) is 1. The molecule has 3 heteroatoms. The number of nitrogens with two attached hydrogens (primary N) is 1. The van der Waals surface area contributed by atoms with Crippen LogP contribution in [0.1, 0.15) is 46.0 Å². The Morgan fingerprint density at radius 3 is 2.87 bits per heavy atom. The van der Waals surface area contributed by atoms with Crippen LogP contribution in [-0.2, 0) is 4.79 Å². The zero-order chi connectivity index (χ0) is 11.3. The summed E-state index contributed by atoms with van der Waals surface area (Å²) in [4.78, 5) is 13.9. The molecule has 1 unspecified atom stereocenters. The van der Waals surface area contributed by atoms with Crippen LogP contribution in [0.2, 0.25) is 0 Å². The van der Waals surface area contributed by atoms with Gasteiger partial charge in [-0.25, -0.2) is 0 Å². The molecule has 1 amide bonds. The van der Waals surface area contributed by atoms with Crippen LogP contribution in [0.15, 0.2) is 0 Å². The van der Waals surface area contributed by atoms with Gasteiger partial charge in [0.05, 0.1) is 6.04 Å². The van der Waals surface area contributed by atoms with Gasteiger partial charge in [0, 0.05) is 13.1 Å². The molecule has 1 heterocycles. The zero-order valence-electron chi connectivity index (χ0n) is 10.0. The van der Waals surface area contributed by atoms with Crippen molar-refractivity contribution in [1.29, 1.82) is 0 Å². The highest BCUT2D eigenvalue weighted by atomic mass is 16.2. The number of hydrogen-bond acceptors (Lipinski definition) is 2. The third-order valence-corrected chi connectivity index (χ3v) is 3.28. The number of likely N-dealkylation sites (tertiary alicyclic amines) is 1. The first-order valence-electron chi connectivity index (χ1n) is 6.23. The van der Waals surface area contributed by atoms with E-state index in [2.05, 4.69) is 6.92 Å². The van der Waals surface area contributed by atoms with Gasteiger partial charge in [0.15, 0.2) is 0 Å². The van der Waals surface area contributed by atoms with Gasteiger partial charge < -0.3 is 10.6 Å². The minimum atomic E-state index is -0.287. The Morgan fingerprint density at radius 1 is 1.53 bits per heavy atom. The van der Waals surface area contributed by atoms with E-state index >= 15 is 0 Å². The largest absolute Gasteiger partial charge is 0.341 e. The molecule has 0 spiro atoms. The van der Waals surface area contributed by atoms with Crippen LogP contribution >= 0.6 is 0 Å². The maximum absolute atomic E-state index is 11.9. The molecule has 0 aromatic heterocycles. The zero-order valence-corrected chi connectivity index (χ0v) is 10.0. The topological polar surface area (TPSA) is 46.3 Å². The van der Waals surface area contributed by atoms with Gasteiger partial charge in [-0.05, 0) is 31.6 Å². The molecule has 0 saturated carbocycles. The number of rotatable bonds is 4. The molecule has 1 aliphatic heterocycles. The Morgan fingerprint density at radius 2 is 2.27 bits per heavy atom. The van der Waals surface area contributed by atoms with Gasteiger partial charge in [-0.15, -0.1) is 0 Å². The number of piperidine rings is 1. The summed E-state index contributed by atoms with van der Waals surface area (Å²) in [6.07, 6.45) is 5.62. The van der Waals surface area contributed by atoms with Crippen LogP contribution < -0.4 is 5.73 Å². The van der Waals surface area contributed by atoms with E-state index in [9.17, 15) is 4.79 Å². The summed E-state index contributed by atoms with van der Waals surface area (Å²) >= 11 is 0. The van der Waals surface area contributed by atoms with E-state index in [1.165, 1.54) is 19.3 Å². The third-order valence-electron chi connectivity index (χ3n) is 3.28. The second-order valence-corrected chi connectivity index (χ2v) is 4.60. The predicted molar refractivity (Wildman–Crippen MR) is 62.5 cm³/mol. The molecule has 0 bridgehead atoms. The maximum Gasteiger partial charge on any atom is 0.239 e. The Kier molecular flexibility index (Phi) is 5.09. The highest BCUT2D eigenvalue weighted by Crippen LogP contribution is 2.21. The van der Waals surface area contributed by atoms with E-state index in [0.29, 0.717) is 5.92 Å². The van der Waals surface area contributed by atoms with Crippen LogP contribution in [0.5, 0.6) is 0 Å². The van der Waals surface area contributed by atoms with E-state index in [1.807, 2.05) is 11.8 Å². The first-order valence-corrected chi connectivity index (χ1v) is 6.23. The molecule has 1 aliphatic rings. The average Bonchev–Trinajstić information content (AvgIpc) is 2.28. The molecule has 2 N–H and O–H groups in total. The van der Waals surface area contributed by atoms with Crippen molar-refractivity contribution in [3.63, 3.8) is 0 Å². The standard InChI is InChI=1S/C12H24N2O/c1-3-6-10-7-5-8-14(9-10)12(15)11(13)4-2/h10-11H,3-9,13H2,1-2H3/t10?,11-/m0/s1. The van der Waals surface area contributed by atoms with Gasteiger partial charge in [-0.2, -0.15) is 0 Å². The van der Waals surface area contributed by atoms with Crippen molar-refractivity contribution < 1.29 is 4.79 Å². The minimum Gasteiger partial charge on any atom is -0.341 e. The lowest BCUT2D eigenvalue weighted by Crippen LogP contribution is -2.47. The third kappa shape index (κ3) is 3.49. The van der Waals surface area contributed by atoms with Crippen molar-refractivity contribution in [3.05, 3.63) is 0 Å². The summed E-state index contributed by atoms with van der Waals surface area (Å²) in [5.74, 6) is 0.857. The lowest BCUT2D eigenvalue weighted by atomic mass is 9.93. The van der Waals surface area contributed by atoms with E-state index < -0.39 is 0 Å². The van der Waals surface area contributed by atoms with Crippen molar-refractivity contribution in [2.24, 2.45) is 11.7 Å². The van der Waals surface area contributed by atoms with Gasteiger partial charge in [0.1, 0.15) is 0 Å². The lowest BCUT2D eigenvalue weighted by Gasteiger charge is -2.34. The fourth-order valence-corrected chi connectivity index (χ4v) is 2.32. The molecule has 0 radical (unpaired) electrons. The molecular weight excluding hydrogens is 188 g/mol. The molecule has 2 atom stereocenters. The van der Waals surface area contributed by atoms with Crippen molar-refractivity contribution in [3.8, 4) is 0 Å². The SMILES string of the molecule is CCCC1CCCN(C(=O)[C@@H](N)CC)C1. The van der Waals surface area contributed by atoms with Gasteiger partial charge in [-0.3, -0.25) is 4.79 Å². The molecule has 0 aromatic rings. The Labute approximate surface area is 93.0 Å². The Bertz CT molecular complexity index is 204. The predicted octanol–water partition coefficient (Wildman–Crippen LogP) is 1.76. The van der Waals surface area contributed by atoms with Crippen molar-refractivity contribution in [1.82, 2.24) is 4.90 Å². The molecule has 1 fully saturated rings. The number of carbonyl (C=O) groups excluding carboxylic acids is 1. The fraction of sp³-hybridized carbons (Fsp3) is 0.917. The highest BCUT2D eigenvalue weighted by molar-refractivity contribution is 5.81. The molecule has 15 heavy (non-hydrogen) atoms. The first-order chi connectivity index (χ1) is 7.19. The van der Waals surface area contributed by atoms with E-state index in [0.717, 1.165) is 25.9 Å². The molecule has 1 rings (SSSR count). The second kappa shape index (κ2) is 6.11. The average molecular weight is 212 g/mol.